The Hall–Kier alpha value is -1.94. The zero-order chi connectivity index (χ0) is 18.2. The van der Waals surface area contributed by atoms with Crippen molar-refractivity contribution in [2.24, 2.45) is 5.73 Å². The molecule has 0 radical (unpaired) electrons. The Morgan fingerprint density at radius 3 is 2.60 bits per heavy atom. The summed E-state index contributed by atoms with van der Waals surface area (Å²) >= 11 is 6.16. The first-order chi connectivity index (χ1) is 11.8. The lowest BCUT2D eigenvalue weighted by atomic mass is 10.1. The molecule has 0 amide bonds. The number of sulfonamides is 1. The van der Waals surface area contributed by atoms with Crippen LogP contribution in [0, 0.1) is 5.41 Å². The molecule has 0 spiro atoms. The third-order valence-corrected chi connectivity index (χ3v) is 6.36. The Kier molecular flexibility index (Phi) is 4.83. The van der Waals surface area contributed by atoms with Gasteiger partial charge in [0.05, 0.1) is 9.92 Å². The Bertz CT molecular complexity index is 925. The van der Waals surface area contributed by atoms with Crippen LogP contribution in [0.25, 0.3) is 10.8 Å². The van der Waals surface area contributed by atoms with Gasteiger partial charge in [0.2, 0.25) is 10.0 Å². The van der Waals surface area contributed by atoms with Crippen LogP contribution in [0.1, 0.15) is 0 Å². The highest BCUT2D eigenvalue weighted by Gasteiger charge is 2.28. The number of pyridine rings is 1. The second-order valence-electron chi connectivity index (χ2n) is 5.91. The fourth-order valence-corrected chi connectivity index (χ4v) is 4.42. The van der Waals surface area contributed by atoms with Crippen molar-refractivity contribution in [2.75, 3.05) is 38.5 Å². The third-order valence-electron chi connectivity index (χ3n) is 4.16. The number of likely N-dealkylation sites (N-methyl/N-ethyl adjacent to an activating group) is 1. The lowest BCUT2D eigenvalue weighted by molar-refractivity contribution is 0.222. The van der Waals surface area contributed by atoms with E-state index in [1.54, 1.807) is 12.1 Å². The molecule has 10 heteroatoms. The van der Waals surface area contributed by atoms with E-state index in [-0.39, 0.29) is 10.9 Å². The first-order valence-corrected chi connectivity index (χ1v) is 9.49. The molecule has 0 unspecified atom stereocenters. The molecule has 1 aromatic carbocycles. The van der Waals surface area contributed by atoms with Gasteiger partial charge >= 0.3 is 0 Å². The van der Waals surface area contributed by atoms with E-state index >= 15 is 0 Å². The second kappa shape index (κ2) is 6.75. The molecule has 1 aliphatic rings. The highest BCUT2D eigenvalue weighted by atomic mass is 35.5. The van der Waals surface area contributed by atoms with Crippen molar-refractivity contribution in [1.82, 2.24) is 14.2 Å². The van der Waals surface area contributed by atoms with Crippen molar-refractivity contribution in [3.63, 3.8) is 0 Å². The summed E-state index contributed by atoms with van der Waals surface area (Å²) < 4.78 is 27.3. The molecule has 3 rings (SSSR count). The maximum absolute atomic E-state index is 12.9. The molecule has 1 aromatic heterocycles. The summed E-state index contributed by atoms with van der Waals surface area (Å²) in [6, 6.07) is 4.71. The van der Waals surface area contributed by atoms with Crippen LogP contribution in [-0.4, -0.2) is 61.8 Å². The van der Waals surface area contributed by atoms with Gasteiger partial charge in [0.1, 0.15) is 5.82 Å². The smallest absolute Gasteiger partial charge is 0.243 e. The zero-order valence-corrected chi connectivity index (χ0v) is 15.2. The summed E-state index contributed by atoms with van der Waals surface area (Å²) in [4.78, 5) is 6.37. The number of hydrogen-bond acceptors (Lipinski definition) is 5. The minimum absolute atomic E-state index is 0.167. The topological polar surface area (TPSA) is 115 Å². The fraction of sp³-hybridized carbons (Fsp3) is 0.333. The van der Waals surface area contributed by atoms with Gasteiger partial charge in [-0.05, 0) is 19.2 Å². The monoisotopic (exact) mass is 382 g/mol. The summed E-state index contributed by atoms with van der Waals surface area (Å²) in [6.45, 7) is 2.28. The van der Waals surface area contributed by atoms with E-state index in [2.05, 4.69) is 15.2 Å². The number of nitrogens with zero attached hydrogens (tertiary/aromatic N) is 3. The quantitative estimate of drug-likeness (QED) is 0.541. The van der Waals surface area contributed by atoms with Crippen molar-refractivity contribution in [3.8, 4) is 0 Å². The standard InChI is InChI=1S/C15H19ClN6O2S/c1-21-4-6-22(7-5-21)25(23,24)10-2-3-11-12(8-10)14(20-15(17)18)19-9-13(11)16/h2-3,8-9H,4-7H2,1H3,(H4,17,18,19,20). The average molecular weight is 383 g/mol. The number of nitrogens with two attached hydrogens (primary N) is 1. The van der Waals surface area contributed by atoms with Gasteiger partial charge in [0.15, 0.2) is 5.96 Å². The molecule has 1 fully saturated rings. The van der Waals surface area contributed by atoms with E-state index in [0.29, 0.717) is 47.8 Å². The maximum atomic E-state index is 12.9. The van der Waals surface area contributed by atoms with Crippen LogP contribution in [0.2, 0.25) is 5.02 Å². The molecule has 8 nitrogen and oxygen atoms in total. The second-order valence-corrected chi connectivity index (χ2v) is 8.25. The van der Waals surface area contributed by atoms with Crippen LogP contribution < -0.4 is 11.1 Å². The van der Waals surface area contributed by atoms with Gasteiger partial charge < -0.3 is 16.0 Å². The van der Waals surface area contributed by atoms with Crippen molar-refractivity contribution < 1.29 is 8.42 Å². The van der Waals surface area contributed by atoms with Crippen molar-refractivity contribution in [3.05, 3.63) is 29.4 Å². The molecule has 0 atom stereocenters. The number of guanidine groups is 1. The Morgan fingerprint density at radius 2 is 1.96 bits per heavy atom. The molecule has 0 saturated carbocycles. The molecule has 4 N–H and O–H groups in total. The van der Waals surface area contributed by atoms with E-state index in [1.807, 2.05) is 7.05 Å². The van der Waals surface area contributed by atoms with Crippen molar-refractivity contribution in [2.45, 2.75) is 4.90 Å². The molecule has 2 heterocycles. The number of halogens is 1. The highest BCUT2D eigenvalue weighted by molar-refractivity contribution is 7.89. The van der Waals surface area contributed by atoms with Crippen molar-refractivity contribution in [1.29, 1.82) is 5.41 Å². The zero-order valence-electron chi connectivity index (χ0n) is 13.7. The summed E-state index contributed by atoms with van der Waals surface area (Å²) in [5, 5.41) is 11.5. The Labute approximate surface area is 151 Å². The van der Waals surface area contributed by atoms with Crippen LogP contribution in [-0.2, 0) is 10.0 Å². The van der Waals surface area contributed by atoms with Gasteiger partial charge in [0, 0.05) is 43.1 Å². The first-order valence-electron chi connectivity index (χ1n) is 7.67. The summed E-state index contributed by atoms with van der Waals surface area (Å²) in [5.41, 5.74) is 5.38. The van der Waals surface area contributed by atoms with E-state index in [0.717, 1.165) is 0 Å². The third kappa shape index (κ3) is 3.54. The molecule has 1 saturated heterocycles. The Morgan fingerprint density at radius 1 is 1.28 bits per heavy atom. The molecule has 25 heavy (non-hydrogen) atoms. The van der Waals surface area contributed by atoms with Crippen LogP contribution in [0.4, 0.5) is 5.82 Å². The van der Waals surface area contributed by atoms with E-state index < -0.39 is 10.0 Å². The van der Waals surface area contributed by atoms with Gasteiger partial charge in [-0.2, -0.15) is 4.31 Å². The summed E-state index contributed by atoms with van der Waals surface area (Å²) in [7, 11) is -1.65. The Balaban J connectivity index is 2.06. The molecular formula is C15H19ClN6O2S. The number of fused-ring (bicyclic) bond motifs is 1. The molecular weight excluding hydrogens is 364 g/mol. The van der Waals surface area contributed by atoms with Gasteiger partial charge in [-0.1, -0.05) is 17.7 Å². The molecule has 134 valence electrons. The van der Waals surface area contributed by atoms with Crippen LogP contribution in [0.15, 0.2) is 29.3 Å². The minimum Gasteiger partial charge on any atom is -0.370 e. The maximum Gasteiger partial charge on any atom is 0.243 e. The summed E-state index contributed by atoms with van der Waals surface area (Å²) in [6.07, 6.45) is 1.43. The normalized spacial score (nSPS) is 16.9. The highest BCUT2D eigenvalue weighted by Crippen LogP contribution is 2.31. The summed E-state index contributed by atoms with van der Waals surface area (Å²) in [5.74, 6) is 0.00535. The van der Waals surface area contributed by atoms with E-state index in [4.69, 9.17) is 22.7 Å². The van der Waals surface area contributed by atoms with Gasteiger partial charge in [-0.3, -0.25) is 5.41 Å². The number of hydrogen-bond donors (Lipinski definition) is 3. The largest absolute Gasteiger partial charge is 0.370 e. The minimum atomic E-state index is -3.61. The molecule has 0 bridgehead atoms. The molecule has 0 aliphatic carbocycles. The fourth-order valence-electron chi connectivity index (χ4n) is 2.75. The average Bonchev–Trinajstić information content (AvgIpc) is 2.57. The van der Waals surface area contributed by atoms with Crippen LogP contribution in [0.3, 0.4) is 0 Å². The number of anilines is 1. The number of aromatic nitrogens is 1. The van der Waals surface area contributed by atoms with Crippen molar-refractivity contribution >= 4 is 44.2 Å². The number of piperazine rings is 1. The van der Waals surface area contributed by atoms with Crippen LogP contribution in [0.5, 0.6) is 0 Å². The van der Waals surface area contributed by atoms with E-state index in [1.165, 1.54) is 16.6 Å². The number of benzene rings is 1. The lowest BCUT2D eigenvalue weighted by Crippen LogP contribution is -2.47. The van der Waals surface area contributed by atoms with E-state index in [9.17, 15) is 8.42 Å². The molecule has 1 aliphatic heterocycles. The van der Waals surface area contributed by atoms with Gasteiger partial charge in [0.25, 0.3) is 0 Å². The predicted molar refractivity (Wildman–Crippen MR) is 98.5 cm³/mol. The lowest BCUT2D eigenvalue weighted by Gasteiger charge is -2.31. The van der Waals surface area contributed by atoms with Gasteiger partial charge in [-0.15, -0.1) is 0 Å². The molecule has 2 aromatic rings. The number of rotatable bonds is 3. The predicted octanol–water partition coefficient (Wildman–Crippen LogP) is 1.13. The first kappa shape index (κ1) is 17.9. The number of nitrogens with one attached hydrogen (secondary N) is 2. The van der Waals surface area contributed by atoms with Gasteiger partial charge in [-0.25, -0.2) is 13.4 Å². The SMILES string of the molecule is CN1CCN(S(=O)(=O)c2ccc3c(Cl)cnc(NC(=N)N)c3c2)CC1. The van der Waals surface area contributed by atoms with Crippen LogP contribution >= 0.6 is 11.6 Å².